The van der Waals surface area contributed by atoms with Crippen LogP contribution in [0.25, 0.3) is 33.4 Å². The van der Waals surface area contributed by atoms with Gasteiger partial charge in [-0.3, -0.25) is 9.78 Å². The molecule has 3 heterocycles. The van der Waals surface area contributed by atoms with E-state index in [1.54, 1.807) is 12.3 Å². The van der Waals surface area contributed by atoms with Gasteiger partial charge in [0.25, 0.3) is 0 Å². The number of carboxylic acid groups (broad SMARTS) is 1. The Labute approximate surface area is 178 Å². The first-order valence-corrected chi connectivity index (χ1v) is 10.2. The van der Waals surface area contributed by atoms with Crippen molar-refractivity contribution >= 4 is 16.9 Å². The third kappa shape index (κ3) is 3.94. The molecule has 0 aliphatic carbocycles. The van der Waals surface area contributed by atoms with Crippen LogP contribution >= 0.6 is 0 Å². The molecule has 0 saturated carbocycles. The maximum absolute atomic E-state index is 14.2. The van der Waals surface area contributed by atoms with Crippen molar-refractivity contribution in [2.45, 2.75) is 32.5 Å². The molecule has 1 aliphatic rings. The van der Waals surface area contributed by atoms with Gasteiger partial charge in [0.2, 0.25) is 0 Å². The lowest BCUT2D eigenvalue weighted by atomic mass is 9.97. The van der Waals surface area contributed by atoms with Crippen LogP contribution in [-0.2, 0) is 29.2 Å². The third-order valence-corrected chi connectivity index (χ3v) is 5.55. The summed E-state index contributed by atoms with van der Waals surface area (Å²) in [6, 6.07) is 14.4. The molecular formula is C25H20FNO4. The molecule has 0 bridgehead atoms. The van der Waals surface area contributed by atoms with Crippen LogP contribution in [0, 0.1) is 5.82 Å². The van der Waals surface area contributed by atoms with E-state index in [-0.39, 0.29) is 12.2 Å². The van der Waals surface area contributed by atoms with Gasteiger partial charge >= 0.3 is 5.97 Å². The number of benzene rings is 2. The molecule has 0 atom stereocenters. The highest BCUT2D eigenvalue weighted by molar-refractivity contribution is 5.88. The van der Waals surface area contributed by atoms with Gasteiger partial charge in [0.15, 0.2) is 0 Å². The standard InChI is InChI=1S/C25H20FNO4/c26-19-5-6-20(17-9-18-13-30-14-22(18)27-12-17)21(11-19)24-10-16-8-15(2-1-3-25(28)29)4-7-23(16)31-24/h4-12H,1-3,13-14H2,(H,28,29). The molecule has 1 N–H and O–H groups in total. The van der Waals surface area contributed by atoms with Gasteiger partial charge in [0.1, 0.15) is 17.2 Å². The molecule has 1 aliphatic heterocycles. The first kappa shape index (κ1) is 19.5. The van der Waals surface area contributed by atoms with E-state index in [1.807, 2.05) is 30.3 Å². The summed E-state index contributed by atoms with van der Waals surface area (Å²) in [7, 11) is 0. The monoisotopic (exact) mass is 417 g/mol. The molecule has 2 aromatic carbocycles. The van der Waals surface area contributed by atoms with Crippen LogP contribution in [0.2, 0.25) is 0 Å². The molecule has 0 fully saturated rings. The second kappa shape index (κ2) is 7.96. The van der Waals surface area contributed by atoms with E-state index in [1.165, 1.54) is 12.1 Å². The number of halogens is 1. The summed E-state index contributed by atoms with van der Waals surface area (Å²) in [5, 5.41) is 9.73. The summed E-state index contributed by atoms with van der Waals surface area (Å²) in [6.45, 7) is 1.05. The van der Waals surface area contributed by atoms with Gasteiger partial charge in [0, 0.05) is 34.7 Å². The Morgan fingerprint density at radius 2 is 1.97 bits per heavy atom. The lowest BCUT2D eigenvalue weighted by Crippen LogP contribution is -1.95. The van der Waals surface area contributed by atoms with E-state index < -0.39 is 5.97 Å². The first-order chi connectivity index (χ1) is 15.1. The summed E-state index contributed by atoms with van der Waals surface area (Å²) in [5.41, 5.74) is 6.11. The number of fused-ring (bicyclic) bond motifs is 2. The lowest BCUT2D eigenvalue weighted by Gasteiger charge is -2.09. The lowest BCUT2D eigenvalue weighted by molar-refractivity contribution is -0.137. The smallest absolute Gasteiger partial charge is 0.303 e. The molecular weight excluding hydrogens is 397 g/mol. The largest absolute Gasteiger partial charge is 0.481 e. The Balaban J connectivity index is 1.52. The van der Waals surface area contributed by atoms with Gasteiger partial charge in [-0.25, -0.2) is 4.39 Å². The number of carbonyl (C=O) groups is 1. The summed E-state index contributed by atoms with van der Waals surface area (Å²) >= 11 is 0. The number of nitrogens with zero attached hydrogens (tertiary/aromatic N) is 1. The molecule has 5 rings (SSSR count). The predicted octanol–water partition coefficient (Wildman–Crippen LogP) is 5.74. The van der Waals surface area contributed by atoms with Gasteiger partial charge in [0.05, 0.1) is 18.9 Å². The van der Waals surface area contributed by atoms with Gasteiger partial charge in [-0.2, -0.15) is 0 Å². The van der Waals surface area contributed by atoms with Crippen LogP contribution < -0.4 is 0 Å². The van der Waals surface area contributed by atoms with Crippen molar-refractivity contribution in [1.29, 1.82) is 0 Å². The number of hydrogen-bond acceptors (Lipinski definition) is 4. The molecule has 0 unspecified atom stereocenters. The molecule has 0 saturated heterocycles. The highest BCUT2D eigenvalue weighted by atomic mass is 19.1. The van der Waals surface area contributed by atoms with E-state index in [4.69, 9.17) is 14.3 Å². The molecule has 4 aromatic rings. The predicted molar refractivity (Wildman–Crippen MR) is 114 cm³/mol. The second-order valence-corrected chi connectivity index (χ2v) is 7.74. The zero-order chi connectivity index (χ0) is 21.4. The number of aryl methyl sites for hydroxylation is 1. The van der Waals surface area contributed by atoms with E-state index in [0.717, 1.165) is 33.3 Å². The number of rotatable bonds is 6. The van der Waals surface area contributed by atoms with E-state index in [0.29, 0.717) is 43.0 Å². The van der Waals surface area contributed by atoms with Crippen LogP contribution in [0.1, 0.15) is 29.7 Å². The first-order valence-electron chi connectivity index (χ1n) is 10.2. The normalized spacial score (nSPS) is 12.9. The fourth-order valence-electron chi connectivity index (χ4n) is 4.00. The quantitative estimate of drug-likeness (QED) is 0.433. The number of carboxylic acids is 1. The van der Waals surface area contributed by atoms with Crippen molar-refractivity contribution in [2.24, 2.45) is 0 Å². The number of pyridine rings is 1. The Hall–Kier alpha value is -3.51. The maximum Gasteiger partial charge on any atom is 0.303 e. The third-order valence-electron chi connectivity index (χ3n) is 5.55. The summed E-state index contributed by atoms with van der Waals surface area (Å²) in [5.74, 6) is -0.562. The maximum atomic E-state index is 14.2. The Morgan fingerprint density at radius 1 is 1.06 bits per heavy atom. The van der Waals surface area contributed by atoms with Gasteiger partial charge in [-0.15, -0.1) is 0 Å². The number of hydrogen-bond donors (Lipinski definition) is 1. The average Bonchev–Trinajstić information content (AvgIpc) is 3.39. The molecule has 0 radical (unpaired) electrons. The van der Waals surface area contributed by atoms with Crippen LogP contribution in [0.15, 0.2) is 59.1 Å². The minimum absolute atomic E-state index is 0.140. The summed E-state index contributed by atoms with van der Waals surface area (Å²) in [6.07, 6.45) is 3.18. The molecule has 6 heteroatoms. The number of aliphatic carboxylic acids is 1. The Morgan fingerprint density at radius 3 is 2.84 bits per heavy atom. The zero-order valence-electron chi connectivity index (χ0n) is 16.7. The number of aromatic nitrogens is 1. The highest BCUT2D eigenvalue weighted by Crippen LogP contribution is 2.37. The molecule has 31 heavy (non-hydrogen) atoms. The Kier molecular flexibility index (Phi) is 5.00. The fourth-order valence-corrected chi connectivity index (χ4v) is 4.00. The Bertz CT molecular complexity index is 1290. The van der Waals surface area contributed by atoms with Crippen molar-refractivity contribution in [1.82, 2.24) is 4.98 Å². The topological polar surface area (TPSA) is 72.6 Å². The molecule has 156 valence electrons. The van der Waals surface area contributed by atoms with Crippen molar-refractivity contribution in [3.05, 3.63) is 77.4 Å². The fraction of sp³-hybridized carbons (Fsp3) is 0.200. The summed E-state index contributed by atoms with van der Waals surface area (Å²) < 4.78 is 25.7. The van der Waals surface area contributed by atoms with E-state index in [2.05, 4.69) is 4.98 Å². The molecule has 0 amide bonds. The van der Waals surface area contributed by atoms with E-state index >= 15 is 0 Å². The SMILES string of the molecule is O=C(O)CCCc1ccc2oc(-c3cc(F)ccc3-c3cnc4c(c3)COC4)cc2c1. The molecule has 0 spiro atoms. The van der Waals surface area contributed by atoms with Crippen LogP contribution in [0.4, 0.5) is 4.39 Å². The van der Waals surface area contributed by atoms with Crippen molar-refractivity contribution in [3.63, 3.8) is 0 Å². The highest BCUT2D eigenvalue weighted by Gasteiger charge is 2.18. The second-order valence-electron chi connectivity index (χ2n) is 7.74. The van der Waals surface area contributed by atoms with Crippen molar-refractivity contribution in [3.8, 4) is 22.5 Å². The number of furan rings is 1. The molecule has 5 nitrogen and oxygen atoms in total. The molecule has 2 aromatic heterocycles. The zero-order valence-corrected chi connectivity index (χ0v) is 16.7. The minimum Gasteiger partial charge on any atom is -0.481 e. The minimum atomic E-state index is -0.794. The average molecular weight is 417 g/mol. The van der Waals surface area contributed by atoms with Gasteiger partial charge in [-0.05, 0) is 60.4 Å². The van der Waals surface area contributed by atoms with Crippen molar-refractivity contribution in [2.75, 3.05) is 0 Å². The van der Waals surface area contributed by atoms with Crippen LogP contribution in [0.5, 0.6) is 0 Å². The van der Waals surface area contributed by atoms with Crippen LogP contribution in [-0.4, -0.2) is 16.1 Å². The van der Waals surface area contributed by atoms with Gasteiger partial charge in [-0.1, -0.05) is 12.1 Å². The summed E-state index contributed by atoms with van der Waals surface area (Å²) in [4.78, 5) is 15.2. The number of ether oxygens (including phenoxy) is 1. The van der Waals surface area contributed by atoms with Crippen molar-refractivity contribution < 1.29 is 23.4 Å². The van der Waals surface area contributed by atoms with Crippen LogP contribution in [0.3, 0.4) is 0 Å². The van der Waals surface area contributed by atoms with Gasteiger partial charge < -0.3 is 14.3 Å². The van der Waals surface area contributed by atoms with E-state index in [9.17, 15) is 9.18 Å².